The summed E-state index contributed by atoms with van der Waals surface area (Å²) >= 11 is 0. The normalized spacial score (nSPS) is 26.1. The Bertz CT molecular complexity index is 935. The zero-order valence-corrected chi connectivity index (χ0v) is 23.0. The second-order valence-corrected chi connectivity index (χ2v) is 12.1. The SMILES string of the molecule is Cc1ccc(C(=O)N2CCC(N(CC(C)C)C(=O)C3CC3)C[C@@H]2C(=O)NCC2CCC(CN)CC2)cc1. The summed E-state index contributed by atoms with van der Waals surface area (Å²) in [5, 5.41) is 3.20. The molecule has 4 rings (SSSR count). The number of likely N-dealkylation sites (tertiary alicyclic amines) is 1. The quantitative estimate of drug-likeness (QED) is 0.529. The molecule has 0 bridgehead atoms. The number of nitrogens with two attached hydrogens (primary N) is 1. The molecule has 7 nitrogen and oxygen atoms in total. The number of amides is 3. The molecule has 3 amide bonds. The van der Waals surface area contributed by atoms with Crippen molar-refractivity contribution in [2.75, 3.05) is 26.2 Å². The number of hydrogen-bond acceptors (Lipinski definition) is 4. The van der Waals surface area contributed by atoms with Crippen LogP contribution in [0, 0.1) is 30.6 Å². The minimum atomic E-state index is -0.574. The van der Waals surface area contributed by atoms with E-state index in [0.717, 1.165) is 50.6 Å². The monoisotopic (exact) mass is 510 g/mol. The summed E-state index contributed by atoms with van der Waals surface area (Å²) in [6.07, 6.45) is 7.54. The van der Waals surface area contributed by atoms with Crippen LogP contribution in [0.3, 0.4) is 0 Å². The number of carbonyl (C=O) groups excluding carboxylic acids is 3. The summed E-state index contributed by atoms with van der Waals surface area (Å²) in [4.78, 5) is 44.2. The van der Waals surface area contributed by atoms with Crippen LogP contribution in [-0.2, 0) is 9.59 Å². The molecule has 1 aromatic carbocycles. The average molecular weight is 511 g/mol. The molecule has 0 radical (unpaired) electrons. The number of benzene rings is 1. The highest BCUT2D eigenvalue weighted by atomic mass is 16.2. The highest BCUT2D eigenvalue weighted by Gasteiger charge is 2.42. The molecular formula is C30H46N4O3. The zero-order chi connectivity index (χ0) is 26.5. The van der Waals surface area contributed by atoms with E-state index < -0.39 is 6.04 Å². The lowest BCUT2D eigenvalue weighted by Crippen LogP contribution is -2.59. The Kier molecular flexibility index (Phi) is 9.27. The molecule has 37 heavy (non-hydrogen) atoms. The van der Waals surface area contributed by atoms with Crippen molar-refractivity contribution in [3.05, 3.63) is 35.4 Å². The van der Waals surface area contributed by atoms with Gasteiger partial charge >= 0.3 is 0 Å². The highest BCUT2D eigenvalue weighted by molar-refractivity contribution is 5.98. The molecule has 204 valence electrons. The van der Waals surface area contributed by atoms with E-state index in [2.05, 4.69) is 19.2 Å². The average Bonchev–Trinajstić information content (AvgIpc) is 3.75. The third kappa shape index (κ3) is 7.13. The molecule has 1 saturated heterocycles. The standard InChI is InChI=1S/C30H46N4O3/c1-20(2)19-34(30(37)25-12-13-25)26-14-15-33(29(36)24-10-4-21(3)5-11-24)27(16-26)28(35)32-18-23-8-6-22(17-31)7-9-23/h4-5,10-11,20,22-23,25-27H,6-9,12-19,31H2,1-3H3,(H,32,35)/t22?,23?,26?,27-/m1/s1. The van der Waals surface area contributed by atoms with Crippen molar-refractivity contribution in [1.29, 1.82) is 0 Å². The van der Waals surface area contributed by atoms with Gasteiger partial charge in [0.15, 0.2) is 0 Å². The minimum absolute atomic E-state index is 0.0201. The Hall–Kier alpha value is -2.41. The van der Waals surface area contributed by atoms with Crippen molar-refractivity contribution in [2.45, 2.75) is 84.2 Å². The Balaban J connectivity index is 1.48. The fourth-order valence-corrected chi connectivity index (χ4v) is 5.99. The molecule has 7 heteroatoms. The van der Waals surface area contributed by atoms with Crippen molar-refractivity contribution in [3.8, 4) is 0 Å². The molecule has 3 fully saturated rings. The van der Waals surface area contributed by atoms with Crippen LogP contribution in [0.15, 0.2) is 24.3 Å². The van der Waals surface area contributed by atoms with Crippen LogP contribution in [0.1, 0.15) is 81.1 Å². The van der Waals surface area contributed by atoms with Gasteiger partial charge < -0.3 is 20.9 Å². The van der Waals surface area contributed by atoms with Crippen molar-refractivity contribution in [2.24, 2.45) is 29.4 Å². The van der Waals surface area contributed by atoms with Gasteiger partial charge in [-0.25, -0.2) is 0 Å². The number of rotatable bonds is 9. The Labute approximate surface area is 222 Å². The number of aryl methyl sites for hydroxylation is 1. The van der Waals surface area contributed by atoms with Gasteiger partial charge in [0.25, 0.3) is 5.91 Å². The summed E-state index contributed by atoms with van der Waals surface area (Å²) in [5.74, 6) is 1.59. The van der Waals surface area contributed by atoms with Crippen molar-refractivity contribution >= 4 is 17.7 Å². The summed E-state index contributed by atoms with van der Waals surface area (Å²) in [6.45, 7) is 8.82. The van der Waals surface area contributed by atoms with Crippen molar-refractivity contribution < 1.29 is 14.4 Å². The van der Waals surface area contributed by atoms with Gasteiger partial charge in [0, 0.05) is 37.2 Å². The van der Waals surface area contributed by atoms with Crippen LogP contribution in [0.4, 0.5) is 0 Å². The smallest absolute Gasteiger partial charge is 0.254 e. The van der Waals surface area contributed by atoms with E-state index in [9.17, 15) is 14.4 Å². The van der Waals surface area contributed by atoms with Crippen LogP contribution in [0.2, 0.25) is 0 Å². The molecule has 3 N–H and O–H groups in total. The lowest BCUT2D eigenvalue weighted by molar-refractivity contribution is -0.139. The van der Waals surface area contributed by atoms with E-state index in [1.165, 1.54) is 0 Å². The third-order valence-corrected chi connectivity index (χ3v) is 8.51. The van der Waals surface area contributed by atoms with Gasteiger partial charge in [0.05, 0.1) is 0 Å². The first-order valence-corrected chi connectivity index (χ1v) is 14.4. The maximum absolute atomic E-state index is 13.6. The number of hydrogen-bond donors (Lipinski definition) is 2. The predicted molar refractivity (Wildman–Crippen MR) is 146 cm³/mol. The molecule has 2 atom stereocenters. The first-order valence-electron chi connectivity index (χ1n) is 14.4. The summed E-state index contributed by atoms with van der Waals surface area (Å²) in [5.41, 5.74) is 7.54. The molecule has 0 aromatic heterocycles. The highest BCUT2D eigenvalue weighted by Crippen LogP contribution is 2.34. The van der Waals surface area contributed by atoms with Crippen LogP contribution in [0.25, 0.3) is 0 Å². The van der Waals surface area contributed by atoms with Gasteiger partial charge in [-0.2, -0.15) is 0 Å². The molecular weight excluding hydrogens is 464 g/mol. The lowest BCUT2D eigenvalue weighted by Gasteiger charge is -2.43. The van der Waals surface area contributed by atoms with E-state index in [1.54, 1.807) is 4.90 Å². The molecule has 3 aliphatic rings. The van der Waals surface area contributed by atoms with Crippen LogP contribution in [-0.4, -0.2) is 65.8 Å². The van der Waals surface area contributed by atoms with Gasteiger partial charge in [0.1, 0.15) is 6.04 Å². The number of nitrogens with zero attached hydrogens (tertiary/aromatic N) is 2. The number of piperidine rings is 1. The van der Waals surface area contributed by atoms with E-state index in [4.69, 9.17) is 5.73 Å². The van der Waals surface area contributed by atoms with Crippen LogP contribution >= 0.6 is 0 Å². The first-order chi connectivity index (χ1) is 17.8. The maximum atomic E-state index is 13.6. The van der Waals surface area contributed by atoms with Gasteiger partial charge in [-0.05, 0) is 94.7 Å². The van der Waals surface area contributed by atoms with E-state index in [0.29, 0.717) is 55.8 Å². The van der Waals surface area contributed by atoms with Gasteiger partial charge in [-0.1, -0.05) is 31.5 Å². The van der Waals surface area contributed by atoms with Crippen molar-refractivity contribution in [1.82, 2.24) is 15.1 Å². The van der Waals surface area contributed by atoms with Gasteiger partial charge in [-0.3, -0.25) is 14.4 Å². The fourth-order valence-electron chi connectivity index (χ4n) is 5.99. The molecule has 1 aromatic rings. The van der Waals surface area contributed by atoms with Gasteiger partial charge in [0.2, 0.25) is 11.8 Å². The summed E-state index contributed by atoms with van der Waals surface area (Å²) in [6, 6.07) is 6.96. The van der Waals surface area contributed by atoms with Gasteiger partial charge in [-0.15, -0.1) is 0 Å². The third-order valence-electron chi connectivity index (χ3n) is 8.51. The molecule has 0 spiro atoms. The van der Waals surface area contributed by atoms with E-state index in [-0.39, 0.29) is 29.7 Å². The van der Waals surface area contributed by atoms with Crippen LogP contribution < -0.4 is 11.1 Å². The molecule has 1 unspecified atom stereocenters. The van der Waals surface area contributed by atoms with Crippen LogP contribution in [0.5, 0.6) is 0 Å². The fraction of sp³-hybridized carbons (Fsp3) is 0.700. The number of carbonyl (C=O) groups is 3. The zero-order valence-electron chi connectivity index (χ0n) is 23.0. The second kappa shape index (κ2) is 12.4. The second-order valence-electron chi connectivity index (χ2n) is 12.1. The topological polar surface area (TPSA) is 95.7 Å². The molecule has 2 aliphatic carbocycles. The molecule has 1 aliphatic heterocycles. The Morgan fingerprint density at radius 3 is 2.24 bits per heavy atom. The minimum Gasteiger partial charge on any atom is -0.354 e. The van der Waals surface area contributed by atoms with E-state index in [1.807, 2.05) is 36.1 Å². The predicted octanol–water partition coefficient (Wildman–Crippen LogP) is 3.74. The number of nitrogens with one attached hydrogen (secondary N) is 1. The lowest BCUT2D eigenvalue weighted by atomic mass is 9.82. The van der Waals surface area contributed by atoms with Crippen molar-refractivity contribution in [3.63, 3.8) is 0 Å². The van der Waals surface area contributed by atoms with E-state index >= 15 is 0 Å². The molecule has 2 saturated carbocycles. The first kappa shape index (κ1) is 27.6. The molecule has 1 heterocycles. The largest absolute Gasteiger partial charge is 0.354 e. The summed E-state index contributed by atoms with van der Waals surface area (Å²) in [7, 11) is 0. The summed E-state index contributed by atoms with van der Waals surface area (Å²) < 4.78 is 0. The Morgan fingerprint density at radius 2 is 1.65 bits per heavy atom. The Morgan fingerprint density at radius 1 is 1.00 bits per heavy atom. The maximum Gasteiger partial charge on any atom is 0.254 e.